The van der Waals surface area contributed by atoms with E-state index in [9.17, 15) is 18.7 Å². The van der Waals surface area contributed by atoms with Gasteiger partial charge in [-0.25, -0.2) is 8.78 Å². The third kappa shape index (κ3) is 3.15. The zero-order chi connectivity index (χ0) is 14.8. The summed E-state index contributed by atoms with van der Waals surface area (Å²) in [6, 6.07) is 2.97. The molecule has 2 atom stereocenters. The Morgan fingerprint density at radius 2 is 2.25 bits per heavy atom. The monoisotopic (exact) mass is 283 g/mol. The highest BCUT2D eigenvalue weighted by Crippen LogP contribution is 2.37. The lowest BCUT2D eigenvalue weighted by atomic mass is 9.85. The summed E-state index contributed by atoms with van der Waals surface area (Å²) in [5.41, 5.74) is -0.276. The van der Waals surface area contributed by atoms with Gasteiger partial charge in [0.15, 0.2) is 0 Å². The van der Waals surface area contributed by atoms with Gasteiger partial charge in [0.1, 0.15) is 11.6 Å². The minimum absolute atomic E-state index is 0.00622. The van der Waals surface area contributed by atoms with Crippen molar-refractivity contribution in [2.24, 2.45) is 5.41 Å². The lowest BCUT2D eigenvalue weighted by Gasteiger charge is -2.30. The smallest absolute Gasteiger partial charge is 0.224 e. The Hall–Kier alpha value is -1.49. The largest absolute Gasteiger partial charge is 0.396 e. The van der Waals surface area contributed by atoms with Gasteiger partial charge in [-0.3, -0.25) is 4.79 Å². The summed E-state index contributed by atoms with van der Waals surface area (Å²) in [6.45, 7) is 1.93. The average molecular weight is 283 g/mol. The van der Waals surface area contributed by atoms with Crippen molar-refractivity contribution in [1.82, 2.24) is 5.32 Å². The maximum atomic E-state index is 13.5. The van der Waals surface area contributed by atoms with Crippen molar-refractivity contribution in [1.29, 1.82) is 0 Å². The second kappa shape index (κ2) is 5.87. The van der Waals surface area contributed by atoms with E-state index in [0.717, 1.165) is 37.5 Å². The van der Waals surface area contributed by atoms with Gasteiger partial charge in [-0.1, -0.05) is 13.3 Å². The van der Waals surface area contributed by atoms with Crippen molar-refractivity contribution >= 4 is 5.91 Å². The Morgan fingerprint density at radius 3 is 2.95 bits per heavy atom. The van der Waals surface area contributed by atoms with Crippen molar-refractivity contribution in [2.75, 3.05) is 6.61 Å². The maximum absolute atomic E-state index is 13.5. The van der Waals surface area contributed by atoms with Crippen molar-refractivity contribution in [3.8, 4) is 0 Å². The van der Waals surface area contributed by atoms with E-state index in [1.165, 1.54) is 0 Å². The van der Waals surface area contributed by atoms with E-state index >= 15 is 0 Å². The molecule has 0 spiro atoms. The van der Waals surface area contributed by atoms with Crippen LogP contribution in [0.5, 0.6) is 0 Å². The van der Waals surface area contributed by atoms with E-state index in [1.54, 1.807) is 0 Å². The molecule has 20 heavy (non-hydrogen) atoms. The molecule has 0 aromatic heterocycles. The number of hydrogen-bond acceptors (Lipinski definition) is 2. The molecule has 1 fully saturated rings. The summed E-state index contributed by atoms with van der Waals surface area (Å²) >= 11 is 0. The van der Waals surface area contributed by atoms with Crippen LogP contribution >= 0.6 is 0 Å². The number of aliphatic hydroxyl groups is 1. The fourth-order valence-electron chi connectivity index (χ4n) is 2.77. The fraction of sp³-hybridized carbons (Fsp3) is 0.533. The minimum atomic E-state index is -0.585. The van der Waals surface area contributed by atoms with Crippen molar-refractivity contribution in [3.05, 3.63) is 35.4 Å². The number of nitrogens with one attached hydrogen (secondary N) is 1. The Morgan fingerprint density at radius 1 is 1.50 bits per heavy atom. The molecule has 5 heteroatoms. The van der Waals surface area contributed by atoms with E-state index in [1.807, 2.05) is 6.92 Å². The Balaban J connectivity index is 2.01. The summed E-state index contributed by atoms with van der Waals surface area (Å²) in [5, 5.41) is 12.2. The van der Waals surface area contributed by atoms with Crippen LogP contribution in [0.25, 0.3) is 0 Å². The number of halogens is 2. The van der Waals surface area contributed by atoms with Gasteiger partial charge in [0.2, 0.25) is 5.91 Å². The fourth-order valence-corrected chi connectivity index (χ4v) is 2.77. The Kier molecular flexibility index (Phi) is 4.38. The highest BCUT2D eigenvalue weighted by Gasteiger charge is 2.39. The second-order valence-corrected chi connectivity index (χ2v) is 5.74. The topological polar surface area (TPSA) is 49.3 Å². The predicted molar refractivity (Wildman–Crippen MR) is 71.0 cm³/mol. The minimum Gasteiger partial charge on any atom is -0.396 e. The first-order chi connectivity index (χ1) is 9.44. The van der Waals surface area contributed by atoms with Gasteiger partial charge in [-0.15, -0.1) is 0 Å². The van der Waals surface area contributed by atoms with Gasteiger partial charge in [-0.2, -0.15) is 0 Å². The molecular weight excluding hydrogens is 264 g/mol. The molecule has 1 saturated carbocycles. The molecule has 0 radical (unpaired) electrons. The molecule has 0 saturated heterocycles. The molecule has 2 rings (SSSR count). The third-order valence-corrected chi connectivity index (χ3v) is 4.14. The van der Waals surface area contributed by atoms with Crippen molar-refractivity contribution in [2.45, 2.75) is 38.6 Å². The SMILES string of the molecule is CC1(CO)CCCC1NC(=O)Cc1cc(F)ccc1F. The molecule has 2 N–H and O–H groups in total. The van der Waals surface area contributed by atoms with E-state index in [-0.39, 0.29) is 36.0 Å². The second-order valence-electron chi connectivity index (χ2n) is 5.74. The van der Waals surface area contributed by atoms with Crippen LogP contribution in [0.4, 0.5) is 8.78 Å². The number of rotatable bonds is 4. The van der Waals surface area contributed by atoms with Gasteiger partial charge >= 0.3 is 0 Å². The lowest BCUT2D eigenvalue weighted by molar-refractivity contribution is -0.122. The quantitative estimate of drug-likeness (QED) is 0.889. The van der Waals surface area contributed by atoms with Crippen LogP contribution in [0.15, 0.2) is 18.2 Å². The van der Waals surface area contributed by atoms with E-state index in [4.69, 9.17) is 0 Å². The van der Waals surface area contributed by atoms with Gasteiger partial charge in [0.25, 0.3) is 0 Å². The first-order valence-corrected chi connectivity index (χ1v) is 6.79. The molecule has 3 nitrogen and oxygen atoms in total. The maximum Gasteiger partial charge on any atom is 0.224 e. The van der Waals surface area contributed by atoms with Gasteiger partial charge in [0.05, 0.1) is 13.0 Å². The van der Waals surface area contributed by atoms with E-state index in [2.05, 4.69) is 5.32 Å². The van der Waals surface area contributed by atoms with Crippen molar-refractivity contribution < 1.29 is 18.7 Å². The number of aliphatic hydroxyl groups excluding tert-OH is 1. The van der Waals surface area contributed by atoms with Gasteiger partial charge in [-0.05, 0) is 31.0 Å². The lowest BCUT2D eigenvalue weighted by Crippen LogP contribution is -2.45. The van der Waals surface area contributed by atoms with E-state index in [0.29, 0.717) is 0 Å². The normalized spacial score (nSPS) is 25.7. The number of amides is 1. The average Bonchev–Trinajstić information content (AvgIpc) is 2.76. The molecule has 0 bridgehead atoms. The van der Waals surface area contributed by atoms with Crippen LogP contribution in [-0.2, 0) is 11.2 Å². The molecule has 1 aromatic carbocycles. The van der Waals surface area contributed by atoms with Gasteiger partial charge < -0.3 is 10.4 Å². The molecule has 1 aromatic rings. The van der Waals surface area contributed by atoms with Gasteiger partial charge in [0, 0.05) is 17.0 Å². The zero-order valence-corrected chi connectivity index (χ0v) is 11.5. The highest BCUT2D eigenvalue weighted by molar-refractivity contribution is 5.79. The molecule has 1 aliphatic rings. The molecular formula is C15H19F2NO2. The third-order valence-electron chi connectivity index (χ3n) is 4.14. The molecule has 2 unspecified atom stereocenters. The standard InChI is InChI=1S/C15H19F2NO2/c1-15(9-19)6-2-3-13(15)18-14(20)8-10-7-11(16)4-5-12(10)17/h4-5,7,13,19H,2-3,6,8-9H2,1H3,(H,18,20). The molecule has 1 amide bonds. The van der Waals surface area contributed by atoms with Crippen LogP contribution in [0.1, 0.15) is 31.7 Å². The van der Waals surface area contributed by atoms with Crippen LogP contribution in [0.3, 0.4) is 0 Å². The summed E-state index contributed by atoms with van der Waals surface area (Å²) in [4.78, 5) is 12.0. The molecule has 0 heterocycles. The molecule has 0 aliphatic heterocycles. The molecule has 1 aliphatic carbocycles. The molecule has 110 valence electrons. The zero-order valence-electron chi connectivity index (χ0n) is 11.5. The van der Waals surface area contributed by atoms with Crippen LogP contribution in [-0.4, -0.2) is 23.7 Å². The predicted octanol–water partition coefficient (Wildman–Crippen LogP) is 2.17. The summed E-state index contributed by atoms with van der Waals surface area (Å²) in [7, 11) is 0. The number of benzene rings is 1. The summed E-state index contributed by atoms with van der Waals surface area (Å²) in [5.74, 6) is -1.49. The number of carbonyl (C=O) groups is 1. The first-order valence-electron chi connectivity index (χ1n) is 6.79. The summed E-state index contributed by atoms with van der Waals surface area (Å²) in [6.07, 6.45) is 2.40. The first kappa shape index (κ1) is 14.9. The highest BCUT2D eigenvalue weighted by atomic mass is 19.1. The van der Waals surface area contributed by atoms with Crippen LogP contribution < -0.4 is 5.32 Å². The number of hydrogen-bond donors (Lipinski definition) is 2. The van der Waals surface area contributed by atoms with Crippen LogP contribution in [0, 0.1) is 17.0 Å². The number of carbonyl (C=O) groups excluding carboxylic acids is 1. The Labute approximate surface area is 117 Å². The van der Waals surface area contributed by atoms with Crippen molar-refractivity contribution in [3.63, 3.8) is 0 Å². The van der Waals surface area contributed by atoms with Crippen LogP contribution in [0.2, 0.25) is 0 Å². The Bertz CT molecular complexity index is 507. The summed E-state index contributed by atoms with van der Waals surface area (Å²) < 4.78 is 26.5. The van der Waals surface area contributed by atoms with E-state index < -0.39 is 11.6 Å².